The Morgan fingerprint density at radius 3 is 2.46 bits per heavy atom. The number of carboxylic acids is 1. The summed E-state index contributed by atoms with van der Waals surface area (Å²) in [5.41, 5.74) is 2.58. The molecule has 8 nitrogen and oxygen atoms in total. The molecule has 1 heterocycles. The highest BCUT2D eigenvalue weighted by molar-refractivity contribution is 7.98. The van der Waals surface area contributed by atoms with Gasteiger partial charge >= 0.3 is 5.97 Å². The average Bonchev–Trinajstić information content (AvgIpc) is 3.53. The molecule has 0 radical (unpaired) electrons. The van der Waals surface area contributed by atoms with Gasteiger partial charge in [-0.15, -0.1) is 23.1 Å². The van der Waals surface area contributed by atoms with Gasteiger partial charge < -0.3 is 15.2 Å². The van der Waals surface area contributed by atoms with Crippen molar-refractivity contribution in [2.24, 2.45) is 0 Å². The molecule has 0 aliphatic rings. The van der Waals surface area contributed by atoms with E-state index < -0.39 is 28.3 Å². The van der Waals surface area contributed by atoms with Crippen molar-refractivity contribution in [2.45, 2.75) is 28.4 Å². The van der Waals surface area contributed by atoms with Crippen LogP contribution in [-0.2, 0) is 26.8 Å². The van der Waals surface area contributed by atoms with Crippen LogP contribution in [0.4, 0.5) is 5.69 Å². The van der Waals surface area contributed by atoms with Crippen LogP contribution in [0.15, 0.2) is 113 Å². The number of rotatable bonds is 14. The smallest absolute Gasteiger partial charge is 0.341 e. The molecular weight excluding hydrogens is 664 g/mol. The minimum atomic E-state index is -3.51. The van der Waals surface area contributed by atoms with Crippen molar-refractivity contribution in [3.8, 4) is 16.2 Å². The predicted molar refractivity (Wildman–Crippen MR) is 183 cm³/mol. The van der Waals surface area contributed by atoms with Crippen LogP contribution in [-0.4, -0.2) is 42.7 Å². The third-order valence-corrected chi connectivity index (χ3v) is 11.2. The van der Waals surface area contributed by atoms with Gasteiger partial charge in [0.25, 0.3) is 5.91 Å². The molecule has 5 rings (SSSR count). The van der Waals surface area contributed by atoms with Crippen LogP contribution < -0.4 is 10.1 Å². The zero-order chi connectivity index (χ0) is 32.5. The number of aryl methyl sites for hydroxylation is 1. The second-order valence-corrected chi connectivity index (χ2v) is 14.8. The Bertz CT molecular complexity index is 1930. The fourth-order valence-corrected chi connectivity index (χ4v) is 7.96. The summed E-state index contributed by atoms with van der Waals surface area (Å²) in [6.07, 6.45) is 2.59. The molecule has 46 heavy (non-hydrogen) atoms. The molecule has 0 saturated carbocycles. The van der Waals surface area contributed by atoms with Gasteiger partial charge in [-0.3, -0.25) is 4.79 Å². The number of carboxylic acid groups (broad SMARTS) is 1. The zero-order valence-electron chi connectivity index (χ0n) is 24.4. The second-order valence-electron chi connectivity index (χ2n) is 10.1. The number of sulfone groups is 1. The highest BCUT2D eigenvalue weighted by Crippen LogP contribution is 2.33. The highest BCUT2D eigenvalue weighted by atomic mass is 35.5. The summed E-state index contributed by atoms with van der Waals surface area (Å²) in [5.74, 6) is -0.870. The number of nitrogens with zero attached hydrogens (tertiary/aromatic N) is 1. The lowest BCUT2D eigenvalue weighted by Gasteiger charge is -2.15. The Hall–Kier alpha value is -4.16. The van der Waals surface area contributed by atoms with Crippen molar-refractivity contribution in [2.75, 3.05) is 17.7 Å². The van der Waals surface area contributed by atoms with Crippen molar-refractivity contribution >= 4 is 62.1 Å². The lowest BCUT2D eigenvalue weighted by Crippen LogP contribution is -2.16. The number of thiazole rings is 1. The van der Waals surface area contributed by atoms with E-state index in [4.69, 9.17) is 21.4 Å². The number of thioether (sulfide) groups is 1. The van der Waals surface area contributed by atoms with Crippen LogP contribution in [0.5, 0.6) is 5.75 Å². The number of halogens is 1. The molecule has 0 saturated heterocycles. The van der Waals surface area contributed by atoms with Gasteiger partial charge in [0.2, 0.25) is 0 Å². The van der Waals surface area contributed by atoms with Crippen molar-refractivity contribution in [1.29, 1.82) is 0 Å². The molecule has 0 unspecified atom stereocenters. The lowest BCUT2D eigenvalue weighted by molar-refractivity contribution is -0.139. The number of benzene rings is 4. The van der Waals surface area contributed by atoms with Gasteiger partial charge in [0.15, 0.2) is 16.4 Å². The molecular formula is C34H29ClN2O6S3. The summed E-state index contributed by atoms with van der Waals surface area (Å²) < 4.78 is 31.0. The molecule has 1 amide bonds. The maximum Gasteiger partial charge on any atom is 0.341 e. The van der Waals surface area contributed by atoms with Gasteiger partial charge in [0, 0.05) is 16.1 Å². The van der Waals surface area contributed by atoms with Gasteiger partial charge in [-0.25, -0.2) is 18.2 Å². The Morgan fingerprint density at radius 2 is 1.70 bits per heavy atom. The maximum absolute atomic E-state index is 13.6. The molecule has 0 bridgehead atoms. The standard InChI is InChI=1S/C34H29ClN2O6S3/c35-25-13-15-26(16-14-25)46(41,42)18-6-7-23-12-17-29(43-21-33(38)39)28(19-23)37-34(40)27-10-4-5-11-30(27)44-22-32-36-20-31(45-32)24-8-2-1-3-9-24/h1-5,8-17,19-20H,6-7,18,21-22H2,(H,37,40)(H,38,39). The van der Waals surface area contributed by atoms with Crippen molar-refractivity contribution in [3.05, 3.63) is 124 Å². The fraction of sp³-hybridized carbons (Fsp3) is 0.147. The van der Waals surface area contributed by atoms with E-state index in [1.807, 2.05) is 48.7 Å². The van der Waals surface area contributed by atoms with Crippen LogP contribution in [0.3, 0.4) is 0 Å². The molecule has 5 aromatic rings. The van der Waals surface area contributed by atoms with Gasteiger partial charge in [0.05, 0.1) is 32.5 Å². The topological polar surface area (TPSA) is 123 Å². The second kappa shape index (κ2) is 15.4. The van der Waals surface area contributed by atoms with Crippen LogP contribution in [0, 0.1) is 0 Å². The molecule has 2 N–H and O–H groups in total. The molecule has 0 aliphatic carbocycles. The minimum absolute atomic E-state index is 0.0792. The number of amides is 1. The van der Waals surface area contributed by atoms with Crippen LogP contribution in [0.1, 0.15) is 27.3 Å². The summed E-state index contributed by atoms with van der Waals surface area (Å²) in [4.78, 5) is 31.3. The molecule has 12 heteroatoms. The molecule has 0 spiro atoms. The lowest BCUT2D eigenvalue weighted by atomic mass is 10.1. The largest absolute Gasteiger partial charge is 0.480 e. The van der Waals surface area contributed by atoms with Crippen molar-refractivity contribution in [3.63, 3.8) is 0 Å². The average molecular weight is 693 g/mol. The van der Waals surface area contributed by atoms with E-state index >= 15 is 0 Å². The Labute approximate surface area is 280 Å². The molecule has 236 valence electrons. The van der Waals surface area contributed by atoms with Crippen LogP contribution >= 0.6 is 34.7 Å². The summed E-state index contributed by atoms with van der Waals surface area (Å²) in [7, 11) is -3.51. The van der Waals surface area contributed by atoms with E-state index in [2.05, 4.69) is 10.3 Å². The Morgan fingerprint density at radius 1 is 0.957 bits per heavy atom. The zero-order valence-corrected chi connectivity index (χ0v) is 27.6. The van der Waals surface area contributed by atoms with Crippen LogP contribution in [0.25, 0.3) is 10.4 Å². The first kappa shape index (κ1) is 33.2. The van der Waals surface area contributed by atoms with Gasteiger partial charge in [0.1, 0.15) is 10.8 Å². The van der Waals surface area contributed by atoms with E-state index in [9.17, 15) is 18.0 Å². The van der Waals surface area contributed by atoms with Crippen molar-refractivity contribution in [1.82, 2.24) is 4.98 Å². The van der Waals surface area contributed by atoms with Gasteiger partial charge in [-0.05, 0) is 72.5 Å². The SMILES string of the molecule is O=C(O)COc1ccc(CCCS(=O)(=O)c2ccc(Cl)cc2)cc1NC(=O)c1ccccc1SCc1ncc(-c2ccccc2)s1. The first-order chi connectivity index (χ1) is 22.2. The van der Waals surface area contributed by atoms with Crippen LogP contribution in [0.2, 0.25) is 5.02 Å². The number of carbonyl (C=O) groups is 2. The summed E-state index contributed by atoms with van der Waals surface area (Å²) in [6.45, 7) is -0.591. The summed E-state index contributed by atoms with van der Waals surface area (Å²) in [5, 5.41) is 13.4. The molecule has 4 aromatic carbocycles. The quantitative estimate of drug-likeness (QED) is 0.113. The van der Waals surface area contributed by atoms with Crippen molar-refractivity contribution < 1.29 is 27.9 Å². The number of hydrogen-bond donors (Lipinski definition) is 2. The fourth-order valence-electron chi connectivity index (χ4n) is 4.54. The normalized spacial score (nSPS) is 11.2. The number of aliphatic carboxylic acids is 1. The number of hydrogen-bond acceptors (Lipinski definition) is 8. The monoisotopic (exact) mass is 692 g/mol. The third kappa shape index (κ3) is 8.97. The first-order valence-electron chi connectivity index (χ1n) is 14.2. The number of aromatic nitrogens is 1. The maximum atomic E-state index is 13.6. The number of carbonyl (C=O) groups excluding carboxylic acids is 1. The number of nitrogens with one attached hydrogen (secondary N) is 1. The summed E-state index contributed by atoms with van der Waals surface area (Å²) in [6, 6.07) is 28.3. The third-order valence-electron chi connectivity index (χ3n) is 6.79. The minimum Gasteiger partial charge on any atom is -0.480 e. The molecule has 0 aliphatic heterocycles. The van der Waals surface area contributed by atoms with Gasteiger partial charge in [-0.1, -0.05) is 60.1 Å². The molecule has 1 aromatic heterocycles. The van der Waals surface area contributed by atoms with Gasteiger partial charge in [-0.2, -0.15) is 0 Å². The molecule has 0 atom stereocenters. The van der Waals surface area contributed by atoms with E-state index in [0.717, 1.165) is 25.9 Å². The summed E-state index contributed by atoms with van der Waals surface area (Å²) >= 11 is 8.98. The van der Waals surface area contributed by atoms with E-state index in [0.29, 0.717) is 29.2 Å². The van der Waals surface area contributed by atoms with E-state index in [-0.39, 0.29) is 22.1 Å². The Kier molecular flexibility index (Phi) is 11.1. The predicted octanol–water partition coefficient (Wildman–Crippen LogP) is 7.88. The highest BCUT2D eigenvalue weighted by Gasteiger charge is 2.18. The number of anilines is 1. The molecule has 0 fully saturated rings. The van der Waals surface area contributed by atoms with E-state index in [1.54, 1.807) is 41.7 Å². The van der Waals surface area contributed by atoms with E-state index in [1.165, 1.54) is 36.0 Å². The first-order valence-corrected chi connectivity index (χ1v) is 18.0. The number of ether oxygens (including phenoxy) is 1. The Balaban J connectivity index is 1.28.